The van der Waals surface area contributed by atoms with Crippen LogP contribution in [0.3, 0.4) is 0 Å². The van der Waals surface area contributed by atoms with Crippen LogP contribution in [0, 0.1) is 0 Å². The van der Waals surface area contributed by atoms with Gasteiger partial charge in [-0.2, -0.15) is 0 Å². The Morgan fingerprint density at radius 1 is 1.00 bits per heavy atom. The van der Waals surface area contributed by atoms with Gasteiger partial charge in [-0.05, 0) is 69.3 Å². The molecule has 6 rings (SSSR count). The number of fused-ring (bicyclic) bond motifs is 14. The second kappa shape index (κ2) is 18.3. The van der Waals surface area contributed by atoms with Gasteiger partial charge in [-0.25, -0.2) is 9.48 Å². The molecule has 3 aliphatic rings. The summed E-state index contributed by atoms with van der Waals surface area (Å²) in [7, 11) is 2.91. The normalized spacial score (nSPS) is 22.6. The molecular formula is C37H48N8O7. The molecule has 4 bridgehead atoms. The Balaban J connectivity index is 1.44. The first-order chi connectivity index (χ1) is 25.1. The number of nitrogens with one attached hydrogen (secondary N) is 4. The Bertz CT molecular complexity index is 1680. The van der Waals surface area contributed by atoms with E-state index in [1.807, 2.05) is 48.7 Å². The summed E-state index contributed by atoms with van der Waals surface area (Å²) in [6.07, 6.45) is 4.43. The Kier molecular flexibility index (Phi) is 13.3. The van der Waals surface area contributed by atoms with Crippen molar-refractivity contribution >= 4 is 29.6 Å². The maximum atomic E-state index is 14.1. The van der Waals surface area contributed by atoms with Gasteiger partial charge in [-0.1, -0.05) is 47.7 Å². The number of benzene rings is 2. The molecular weight excluding hydrogens is 668 g/mol. The van der Waals surface area contributed by atoms with E-state index in [0.717, 1.165) is 16.8 Å². The molecule has 1 aromatic heterocycles. The summed E-state index contributed by atoms with van der Waals surface area (Å²) in [5.41, 5.74) is 2.29. The standard InChI is InChI=1S/C37H48N8O7/c1-24(38-2)33(46)39-29-12-7-11-27-23-44(43-42-27)19-20-52-28-16-14-26(15-17-28)22-31(37(50)51-3)41-34(47)30(21-25-9-5-4-6-10-25)40-35(48)32-13-8-18-45(32)36(29)49/h4-6,9-10,14-17,23-24,29-32,38H,7-8,11-13,18-22H2,1-3H3,(H,39,46)(H,40,48)(H,41,47). The van der Waals surface area contributed by atoms with E-state index in [9.17, 15) is 24.0 Å². The monoisotopic (exact) mass is 716 g/mol. The van der Waals surface area contributed by atoms with Gasteiger partial charge < -0.3 is 35.6 Å². The van der Waals surface area contributed by atoms with Crippen LogP contribution in [0.1, 0.15) is 49.4 Å². The van der Waals surface area contributed by atoms with Crippen molar-refractivity contribution in [2.24, 2.45) is 0 Å². The minimum Gasteiger partial charge on any atom is -0.492 e. The molecule has 0 radical (unpaired) electrons. The number of esters is 1. The zero-order valence-electron chi connectivity index (χ0n) is 29.9. The van der Waals surface area contributed by atoms with E-state index in [-0.39, 0.29) is 24.7 Å². The smallest absolute Gasteiger partial charge is 0.328 e. The first-order valence-electron chi connectivity index (χ1n) is 17.8. The summed E-state index contributed by atoms with van der Waals surface area (Å²) in [5.74, 6) is -1.79. The predicted molar refractivity (Wildman–Crippen MR) is 190 cm³/mol. The van der Waals surface area contributed by atoms with E-state index in [1.54, 1.807) is 30.8 Å². The topological polar surface area (TPSA) is 186 Å². The molecule has 2 aromatic carbocycles. The van der Waals surface area contributed by atoms with Crippen molar-refractivity contribution in [3.63, 3.8) is 0 Å². The van der Waals surface area contributed by atoms with Crippen molar-refractivity contribution in [1.82, 2.24) is 41.2 Å². The van der Waals surface area contributed by atoms with Crippen LogP contribution >= 0.6 is 0 Å². The molecule has 3 aliphatic heterocycles. The van der Waals surface area contributed by atoms with Crippen molar-refractivity contribution in [2.45, 2.75) is 88.6 Å². The fraction of sp³-hybridized carbons (Fsp3) is 0.486. The van der Waals surface area contributed by atoms with Crippen molar-refractivity contribution in [1.29, 1.82) is 0 Å². The maximum Gasteiger partial charge on any atom is 0.328 e. The van der Waals surface area contributed by atoms with Gasteiger partial charge in [0, 0.05) is 25.6 Å². The highest BCUT2D eigenvalue weighted by Gasteiger charge is 2.39. The second-order valence-electron chi connectivity index (χ2n) is 13.2. The molecule has 4 N–H and O–H groups in total. The number of hydrogen-bond acceptors (Lipinski definition) is 10. The quantitative estimate of drug-likeness (QED) is 0.265. The average molecular weight is 717 g/mol. The van der Waals surface area contributed by atoms with Crippen molar-refractivity contribution < 1.29 is 33.4 Å². The average Bonchev–Trinajstić information content (AvgIpc) is 3.84. The van der Waals surface area contributed by atoms with Crippen LogP contribution in [-0.2, 0) is 54.5 Å². The van der Waals surface area contributed by atoms with Crippen LogP contribution < -0.4 is 26.0 Å². The molecule has 1 saturated heterocycles. The van der Waals surface area contributed by atoms with E-state index >= 15 is 0 Å². The third-order valence-electron chi connectivity index (χ3n) is 9.46. The van der Waals surface area contributed by atoms with Gasteiger partial charge in [0.2, 0.25) is 23.6 Å². The number of rotatable bonds is 6. The number of aryl methyl sites for hydroxylation is 1. The van der Waals surface area contributed by atoms with Crippen LogP contribution in [0.5, 0.6) is 5.75 Å². The van der Waals surface area contributed by atoms with E-state index in [0.29, 0.717) is 57.6 Å². The molecule has 4 amide bonds. The largest absolute Gasteiger partial charge is 0.492 e. The van der Waals surface area contributed by atoms with E-state index < -0.39 is 48.0 Å². The number of nitrogens with zero attached hydrogens (tertiary/aromatic N) is 4. The highest BCUT2D eigenvalue weighted by atomic mass is 16.5. The zero-order chi connectivity index (χ0) is 37.0. The first-order valence-corrected chi connectivity index (χ1v) is 17.8. The second-order valence-corrected chi connectivity index (χ2v) is 13.2. The lowest BCUT2D eigenvalue weighted by molar-refractivity contribution is -0.145. The molecule has 0 aliphatic carbocycles. The van der Waals surface area contributed by atoms with E-state index in [4.69, 9.17) is 9.47 Å². The highest BCUT2D eigenvalue weighted by Crippen LogP contribution is 2.21. The third-order valence-corrected chi connectivity index (χ3v) is 9.46. The minimum atomic E-state index is -1.07. The van der Waals surface area contributed by atoms with Gasteiger partial charge in [-0.3, -0.25) is 19.2 Å². The predicted octanol–water partition coefficient (Wildman–Crippen LogP) is 0.705. The highest BCUT2D eigenvalue weighted by molar-refractivity contribution is 5.96. The minimum absolute atomic E-state index is 0.136. The summed E-state index contributed by atoms with van der Waals surface area (Å²) >= 11 is 0. The fourth-order valence-corrected chi connectivity index (χ4v) is 6.39. The van der Waals surface area contributed by atoms with Gasteiger partial charge in [0.05, 0.1) is 25.4 Å². The molecule has 1 fully saturated rings. The summed E-state index contributed by atoms with van der Waals surface area (Å²) in [6, 6.07) is 12.0. The van der Waals surface area contributed by atoms with Gasteiger partial charge in [-0.15, -0.1) is 5.10 Å². The first kappa shape index (κ1) is 37.9. The Labute approximate surface area is 303 Å². The zero-order valence-corrected chi connectivity index (χ0v) is 29.9. The van der Waals surface area contributed by atoms with E-state index in [2.05, 4.69) is 31.6 Å². The summed E-state index contributed by atoms with van der Waals surface area (Å²) in [5, 5.41) is 19.9. The lowest BCUT2D eigenvalue weighted by Gasteiger charge is -2.30. The molecule has 278 valence electrons. The number of aromatic nitrogens is 3. The molecule has 5 unspecified atom stereocenters. The van der Waals surface area contributed by atoms with E-state index in [1.165, 1.54) is 12.0 Å². The summed E-state index contributed by atoms with van der Waals surface area (Å²) < 4.78 is 12.6. The summed E-state index contributed by atoms with van der Waals surface area (Å²) in [4.78, 5) is 69.4. The Morgan fingerprint density at radius 2 is 1.77 bits per heavy atom. The number of amides is 4. The molecule has 15 heteroatoms. The fourth-order valence-electron chi connectivity index (χ4n) is 6.39. The number of carbonyl (C=O) groups is 5. The van der Waals surface area contributed by atoms with Crippen LogP contribution in [0.4, 0.5) is 0 Å². The van der Waals surface area contributed by atoms with Crippen molar-refractivity contribution in [3.05, 3.63) is 77.6 Å². The molecule has 15 nitrogen and oxygen atoms in total. The Morgan fingerprint density at radius 3 is 2.50 bits per heavy atom. The van der Waals surface area contributed by atoms with Gasteiger partial charge in [0.25, 0.3) is 0 Å². The number of hydrogen-bond donors (Lipinski definition) is 4. The molecule has 0 saturated carbocycles. The number of methoxy groups -OCH3 is 1. The molecule has 52 heavy (non-hydrogen) atoms. The van der Waals surface area contributed by atoms with Gasteiger partial charge in [0.15, 0.2) is 0 Å². The molecule has 4 heterocycles. The number of carbonyl (C=O) groups excluding carboxylic acids is 5. The third kappa shape index (κ3) is 10.1. The molecule has 0 spiro atoms. The maximum absolute atomic E-state index is 14.1. The Hall–Kier alpha value is -5.31. The molecule has 5 atom stereocenters. The summed E-state index contributed by atoms with van der Waals surface area (Å²) in [6.45, 7) is 2.80. The van der Waals surface area contributed by atoms with Crippen LogP contribution in [0.2, 0.25) is 0 Å². The lowest BCUT2D eigenvalue weighted by Crippen LogP contribution is -2.58. The van der Waals surface area contributed by atoms with Crippen molar-refractivity contribution in [2.75, 3.05) is 27.3 Å². The number of ether oxygens (including phenoxy) is 2. The number of likely N-dealkylation sites (N-methyl/N-ethyl adjacent to an activating group) is 1. The lowest BCUT2D eigenvalue weighted by atomic mass is 10.0. The van der Waals surface area contributed by atoms with Gasteiger partial charge in [0.1, 0.15) is 36.5 Å². The van der Waals surface area contributed by atoms with Crippen LogP contribution in [-0.4, -0.2) is 107 Å². The SMILES string of the molecule is CNC(C)C(=O)NC1CCCc2cn(nn2)CCOc2ccc(cc2)CC(C(=O)OC)NC(=O)C(Cc2ccccc2)NC(=O)C2CCCN2C1=O. The van der Waals surface area contributed by atoms with Gasteiger partial charge >= 0.3 is 5.97 Å². The van der Waals surface area contributed by atoms with Crippen LogP contribution in [0.15, 0.2) is 60.8 Å². The van der Waals surface area contributed by atoms with Crippen molar-refractivity contribution in [3.8, 4) is 5.75 Å². The van der Waals surface area contributed by atoms with Crippen LogP contribution in [0.25, 0.3) is 0 Å². The molecule has 3 aromatic rings.